The number of amides is 1. The van der Waals surface area contributed by atoms with Crippen LogP contribution in [-0.4, -0.2) is 38.7 Å². The number of carbonyl (C=O) groups excluding carboxylic acids is 1. The molecule has 0 aliphatic carbocycles. The van der Waals surface area contributed by atoms with Gasteiger partial charge in [0, 0.05) is 31.6 Å². The van der Waals surface area contributed by atoms with Crippen LogP contribution in [-0.2, 0) is 13.2 Å². The van der Waals surface area contributed by atoms with Crippen LogP contribution in [0.2, 0.25) is 0 Å². The minimum atomic E-state index is -4.39. The van der Waals surface area contributed by atoms with Crippen molar-refractivity contribution in [3.63, 3.8) is 0 Å². The number of aryl methyl sites for hydroxylation is 1. The van der Waals surface area contributed by atoms with E-state index in [0.717, 1.165) is 30.8 Å². The van der Waals surface area contributed by atoms with Crippen molar-refractivity contribution in [3.05, 3.63) is 71.8 Å². The summed E-state index contributed by atoms with van der Waals surface area (Å²) in [6, 6.07) is 12.0. The second-order valence-electron chi connectivity index (χ2n) is 7.49. The van der Waals surface area contributed by atoms with E-state index >= 15 is 0 Å². The fraction of sp³-hybridized carbons (Fsp3) is 0.318. The molecule has 8 heteroatoms. The molecular formula is C22H21F3N4O. The lowest BCUT2D eigenvalue weighted by molar-refractivity contribution is -0.137. The van der Waals surface area contributed by atoms with Crippen molar-refractivity contribution in [1.82, 2.24) is 19.7 Å². The predicted octanol–water partition coefficient (Wildman–Crippen LogP) is 4.52. The van der Waals surface area contributed by atoms with Crippen molar-refractivity contribution in [1.29, 1.82) is 0 Å². The molecule has 0 radical (unpaired) electrons. The average Bonchev–Trinajstić information content (AvgIpc) is 3.19. The van der Waals surface area contributed by atoms with Crippen molar-refractivity contribution < 1.29 is 18.0 Å². The molecule has 30 heavy (non-hydrogen) atoms. The summed E-state index contributed by atoms with van der Waals surface area (Å²) in [5, 5.41) is 8.10. The number of hydrogen-bond acceptors (Lipinski definition) is 3. The highest BCUT2D eigenvalue weighted by Gasteiger charge is 2.31. The Labute approximate surface area is 172 Å². The number of alkyl halides is 3. The average molecular weight is 414 g/mol. The lowest BCUT2D eigenvalue weighted by Crippen LogP contribution is -2.38. The smallest absolute Gasteiger partial charge is 0.339 e. The highest BCUT2D eigenvalue weighted by molar-refractivity contribution is 6.01. The topological polar surface area (TPSA) is 51.0 Å². The molecule has 0 unspecified atom stereocenters. The Hall–Kier alpha value is -3.16. The number of aromatic nitrogens is 3. The second kappa shape index (κ2) is 7.93. The maximum Gasteiger partial charge on any atom is 0.416 e. The first-order valence-electron chi connectivity index (χ1n) is 9.74. The Kier molecular flexibility index (Phi) is 5.32. The van der Waals surface area contributed by atoms with Gasteiger partial charge in [0.1, 0.15) is 12.2 Å². The van der Waals surface area contributed by atoms with E-state index in [1.54, 1.807) is 35.5 Å². The Balaban J connectivity index is 1.53. The van der Waals surface area contributed by atoms with Gasteiger partial charge in [-0.25, -0.2) is 0 Å². The monoisotopic (exact) mass is 414 g/mol. The highest BCUT2D eigenvalue weighted by Crippen LogP contribution is 2.33. The Bertz CT molecular complexity index is 1040. The molecule has 1 aromatic heterocycles. The molecular weight excluding hydrogens is 393 g/mol. The molecule has 0 saturated carbocycles. The SMILES string of the molecule is Cn1cnnc1C1CCN(C(=O)c2ccccc2-c2ccc(C(F)(F)F)cc2)CC1. The molecule has 1 aliphatic rings. The van der Waals surface area contributed by atoms with Crippen LogP contribution in [0.15, 0.2) is 54.9 Å². The first-order chi connectivity index (χ1) is 14.3. The quantitative estimate of drug-likeness (QED) is 0.633. The van der Waals surface area contributed by atoms with Gasteiger partial charge in [-0.2, -0.15) is 13.2 Å². The van der Waals surface area contributed by atoms with Gasteiger partial charge < -0.3 is 9.47 Å². The summed E-state index contributed by atoms with van der Waals surface area (Å²) in [5.74, 6) is 1.07. The van der Waals surface area contributed by atoms with Crippen LogP contribution in [0.1, 0.15) is 40.5 Å². The molecule has 1 fully saturated rings. The van der Waals surface area contributed by atoms with Crippen molar-refractivity contribution in [2.24, 2.45) is 7.05 Å². The fourth-order valence-corrected chi connectivity index (χ4v) is 3.93. The third kappa shape index (κ3) is 3.94. The number of piperidine rings is 1. The van der Waals surface area contributed by atoms with Gasteiger partial charge in [0.25, 0.3) is 5.91 Å². The molecule has 2 heterocycles. The fourth-order valence-electron chi connectivity index (χ4n) is 3.93. The zero-order valence-electron chi connectivity index (χ0n) is 16.4. The van der Waals surface area contributed by atoms with E-state index < -0.39 is 11.7 Å². The minimum Gasteiger partial charge on any atom is -0.339 e. The van der Waals surface area contributed by atoms with Crippen molar-refractivity contribution in [2.45, 2.75) is 24.9 Å². The van der Waals surface area contributed by atoms with Gasteiger partial charge >= 0.3 is 6.18 Å². The van der Waals surface area contributed by atoms with E-state index in [0.29, 0.717) is 29.8 Å². The van der Waals surface area contributed by atoms with Gasteiger partial charge in [-0.15, -0.1) is 10.2 Å². The van der Waals surface area contributed by atoms with Gasteiger partial charge in [0.2, 0.25) is 0 Å². The van der Waals surface area contributed by atoms with Gasteiger partial charge in [-0.05, 0) is 42.2 Å². The van der Waals surface area contributed by atoms with Crippen LogP contribution in [0.5, 0.6) is 0 Å². The van der Waals surface area contributed by atoms with Crippen molar-refractivity contribution >= 4 is 5.91 Å². The number of hydrogen-bond donors (Lipinski definition) is 0. The largest absolute Gasteiger partial charge is 0.416 e. The van der Waals surface area contributed by atoms with E-state index in [-0.39, 0.29) is 11.8 Å². The molecule has 0 bridgehead atoms. The van der Waals surface area contributed by atoms with Crippen molar-refractivity contribution in [2.75, 3.05) is 13.1 Å². The van der Waals surface area contributed by atoms with Crippen LogP contribution >= 0.6 is 0 Å². The van der Waals surface area contributed by atoms with Crippen LogP contribution in [0.25, 0.3) is 11.1 Å². The maximum absolute atomic E-state index is 13.2. The molecule has 1 aliphatic heterocycles. The molecule has 156 valence electrons. The van der Waals surface area contributed by atoms with Crippen LogP contribution in [0.3, 0.4) is 0 Å². The Morgan fingerprint density at radius 2 is 1.70 bits per heavy atom. The number of nitrogens with zero attached hydrogens (tertiary/aromatic N) is 4. The van der Waals surface area contributed by atoms with Crippen LogP contribution < -0.4 is 0 Å². The molecule has 1 amide bonds. The van der Waals surface area contributed by atoms with E-state index in [4.69, 9.17) is 0 Å². The normalized spacial score (nSPS) is 15.4. The standard InChI is InChI=1S/C22H21F3N4O/c1-28-14-26-27-20(28)16-10-12-29(13-11-16)21(30)19-5-3-2-4-18(19)15-6-8-17(9-7-15)22(23,24)25/h2-9,14,16H,10-13H2,1H3. The van der Waals surface area contributed by atoms with E-state index in [9.17, 15) is 18.0 Å². The maximum atomic E-state index is 13.2. The molecule has 1 saturated heterocycles. The third-order valence-corrected chi connectivity index (χ3v) is 5.57. The van der Waals surface area contributed by atoms with Gasteiger partial charge in [0.05, 0.1) is 5.56 Å². The molecule has 0 N–H and O–H groups in total. The molecule has 0 atom stereocenters. The second-order valence-corrected chi connectivity index (χ2v) is 7.49. The Morgan fingerprint density at radius 3 is 2.30 bits per heavy atom. The molecule has 2 aromatic carbocycles. The summed E-state index contributed by atoms with van der Waals surface area (Å²) in [5.41, 5.74) is 1.00. The first-order valence-corrected chi connectivity index (χ1v) is 9.74. The van der Waals surface area contributed by atoms with Crippen molar-refractivity contribution in [3.8, 4) is 11.1 Å². The number of carbonyl (C=O) groups is 1. The van der Waals surface area contributed by atoms with E-state index in [1.165, 1.54) is 12.1 Å². The first kappa shape index (κ1) is 20.1. The van der Waals surface area contributed by atoms with Crippen LogP contribution in [0, 0.1) is 0 Å². The number of likely N-dealkylation sites (tertiary alicyclic amines) is 1. The minimum absolute atomic E-state index is 0.109. The van der Waals surface area contributed by atoms with Crippen LogP contribution in [0.4, 0.5) is 13.2 Å². The Morgan fingerprint density at radius 1 is 1.03 bits per heavy atom. The summed E-state index contributed by atoms with van der Waals surface area (Å²) >= 11 is 0. The third-order valence-electron chi connectivity index (χ3n) is 5.57. The predicted molar refractivity (Wildman–Crippen MR) is 106 cm³/mol. The summed E-state index contributed by atoms with van der Waals surface area (Å²) in [7, 11) is 1.91. The van der Waals surface area contributed by atoms with E-state index in [1.807, 2.05) is 11.6 Å². The lowest BCUT2D eigenvalue weighted by Gasteiger charge is -2.32. The number of rotatable bonds is 3. The van der Waals surface area contributed by atoms with Gasteiger partial charge in [-0.3, -0.25) is 4.79 Å². The van der Waals surface area contributed by atoms with E-state index in [2.05, 4.69) is 10.2 Å². The highest BCUT2D eigenvalue weighted by atomic mass is 19.4. The summed E-state index contributed by atoms with van der Waals surface area (Å²) < 4.78 is 40.5. The summed E-state index contributed by atoms with van der Waals surface area (Å²) in [6.45, 7) is 1.19. The number of halogens is 3. The summed E-state index contributed by atoms with van der Waals surface area (Å²) in [4.78, 5) is 15.0. The zero-order chi connectivity index (χ0) is 21.3. The van der Waals surface area contributed by atoms with Gasteiger partial charge in [0.15, 0.2) is 0 Å². The molecule has 5 nitrogen and oxygen atoms in total. The molecule has 3 aromatic rings. The number of benzene rings is 2. The zero-order valence-corrected chi connectivity index (χ0v) is 16.4. The molecule has 4 rings (SSSR count). The molecule has 0 spiro atoms. The summed E-state index contributed by atoms with van der Waals surface area (Å²) in [6.07, 6.45) is -1.13. The lowest BCUT2D eigenvalue weighted by atomic mass is 9.94. The van der Waals surface area contributed by atoms with Gasteiger partial charge in [-0.1, -0.05) is 30.3 Å².